The summed E-state index contributed by atoms with van der Waals surface area (Å²) in [6.45, 7) is 0. The molecule has 0 amide bonds. The topological polar surface area (TPSA) is 19.7 Å². The summed E-state index contributed by atoms with van der Waals surface area (Å²) >= 11 is 0. The number of rotatable bonds is 8. The minimum absolute atomic E-state index is 1.08. The van der Waals surface area contributed by atoms with Crippen LogP contribution in [0.5, 0.6) is 0 Å². The van der Waals surface area contributed by atoms with E-state index >= 15 is 0 Å². The zero-order valence-electron chi connectivity index (χ0n) is 67.4. The summed E-state index contributed by atoms with van der Waals surface area (Å²) in [5, 5.41) is 33.9. The lowest BCUT2D eigenvalue weighted by atomic mass is 9.86. The third-order valence-corrected chi connectivity index (χ3v) is 27.2. The zero-order chi connectivity index (χ0) is 80.9. The molecule has 16 bridgehead atoms. The van der Waals surface area contributed by atoms with Crippen LogP contribution >= 0.6 is 0 Å². The SMILES string of the molecule is c1ccc(-n2c3ccc4cc3c3cc(ccc32)c2ccc3c(c2)c2cc(ccc2n3-c2ccccc2)c2ccc3c(c2)c2cc(ccc2n3-c2cccc(-c3cc5c6ccccc6c6ccccc6c5cc3-c3cccc(-c5cccc(-c6ccc7c8ccccc8c8ccccc8c7c6)c5)c3)c2)c2ccc3c(c2)c2cc4ccc2n3-c2ccccc2)cc1. The number of para-hydroxylation sites is 3. The predicted octanol–water partition coefficient (Wildman–Crippen LogP) is 32.8. The summed E-state index contributed by atoms with van der Waals surface area (Å²) < 4.78 is 9.85. The first-order valence-corrected chi connectivity index (χ1v) is 43.0. The summed E-state index contributed by atoms with van der Waals surface area (Å²) in [6, 6.07) is 165. The molecule has 4 nitrogen and oxygen atoms in total. The molecule has 0 aliphatic carbocycles. The maximum atomic E-state index is 2.52. The maximum absolute atomic E-state index is 2.52. The number of nitrogens with zero attached hydrogens (tertiary/aromatic N) is 4. The molecule has 23 aromatic carbocycles. The van der Waals surface area contributed by atoms with Gasteiger partial charge in [-0.15, -0.1) is 0 Å². The van der Waals surface area contributed by atoms with Gasteiger partial charge < -0.3 is 18.3 Å². The zero-order valence-corrected chi connectivity index (χ0v) is 67.4. The molecule has 0 unspecified atom stereocenters. The van der Waals surface area contributed by atoms with Crippen LogP contribution in [0.4, 0.5) is 0 Å². The highest BCUT2D eigenvalue weighted by molar-refractivity contribution is 6.29. The van der Waals surface area contributed by atoms with Gasteiger partial charge in [-0.05, 0) is 328 Å². The second kappa shape index (κ2) is 26.5. The van der Waals surface area contributed by atoms with Crippen LogP contribution < -0.4 is 0 Å². The molecule has 124 heavy (non-hydrogen) atoms. The van der Waals surface area contributed by atoms with Crippen molar-refractivity contribution in [1.82, 2.24) is 18.3 Å². The molecule has 0 radical (unpaired) electrons. The van der Waals surface area contributed by atoms with Crippen molar-refractivity contribution in [2.24, 2.45) is 0 Å². The van der Waals surface area contributed by atoms with Gasteiger partial charge >= 0.3 is 0 Å². The quantitative estimate of drug-likeness (QED) is 0.135. The summed E-state index contributed by atoms with van der Waals surface area (Å²) in [5.74, 6) is 0. The van der Waals surface area contributed by atoms with Crippen LogP contribution in [0, 0.1) is 0 Å². The van der Waals surface area contributed by atoms with Crippen molar-refractivity contribution in [1.29, 1.82) is 0 Å². The first-order chi connectivity index (χ1) is 61.4. The van der Waals surface area contributed by atoms with E-state index in [4.69, 9.17) is 0 Å². The van der Waals surface area contributed by atoms with Crippen LogP contribution in [0.1, 0.15) is 0 Å². The fourth-order valence-electron chi connectivity index (χ4n) is 21.4. The predicted molar refractivity (Wildman–Crippen MR) is 529 cm³/mol. The number of fused-ring (bicyclic) bond motifs is 24. The first-order valence-electron chi connectivity index (χ1n) is 43.0. The number of aromatic nitrogens is 4. The van der Waals surface area contributed by atoms with Crippen LogP contribution in [-0.2, 0) is 0 Å². The average Bonchev–Trinajstić information content (AvgIpc) is 1.50. The lowest BCUT2D eigenvalue weighted by Crippen LogP contribution is -1.95. The van der Waals surface area contributed by atoms with Crippen LogP contribution in [0.2, 0.25) is 0 Å². The van der Waals surface area contributed by atoms with E-state index in [2.05, 4.69) is 455 Å². The Kier molecular flexibility index (Phi) is 14.7. The molecular weight excluding hydrogens is 1500 g/mol. The van der Waals surface area contributed by atoms with Gasteiger partial charge in [0.25, 0.3) is 0 Å². The van der Waals surface area contributed by atoms with Gasteiger partial charge in [-0.2, -0.15) is 0 Å². The van der Waals surface area contributed by atoms with E-state index in [1.54, 1.807) is 0 Å². The minimum atomic E-state index is 1.08. The van der Waals surface area contributed by atoms with Gasteiger partial charge in [-0.3, -0.25) is 0 Å². The largest absolute Gasteiger partial charge is 0.309 e. The van der Waals surface area contributed by atoms with Gasteiger partial charge in [0.15, 0.2) is 0 Å². The van der Waals surface area contributed by atoms with Crippen LogP contribution in [0.15, 0.2) is 437 Å². The molecule has 27 aromatic rings. The molecule has 0 spiro atoms. The Hall–Kier alpha value is -16.4. The van der Waals surface area contributed by atoms with Crippen molar-refractivity contribution in [3.05, 3.63) is 437 Å². The minimum Gasteiger partial charge on any atom is -0.309 e. The molecule has 0 saturated heterocycles. The van der Waals surface area contributed by atoms with Gasteiger partial charge in [0, 0.05) is 65.8 Å². The van der Waals surface area contributed by atoms with E-state index in [-0.39, 0.29) is 0 Å². The van der Waals surface area contributed by atoms with E-state index in [9.17, 15) is 0 Å². The molecular formula is C120H72N4. The van der Waals surface area contributed by atoms with E-state index in [0.29, 0.717) is 0 Å². The Balaban J connectivity index is 0.683. The fourth-order valence-corrected chi connectivity index (χ4v) is 21.4. The van der Waals surface area contributed by atoms with Crippen molar-refractivity contribution in [2.45, 2.75) is 0 Å². The Bertz CT molecular complexity index is 9040. The fraction of sp³-hybridized carbons (Fsp3) is 0. The standard InChI is InChI=1S/C120H72N4/c1-4-26-87(27-5-1)121-113-51-42-77-63-105(113)106-64-78(43-52-114(106)121)80-45-54-116-108(66-80)110-68-82(47-56-118(110)123(116)89-30-8-3-9-31-89)84-49-58-120-112(70-84)111-69-83(81-46-55-117-109(67-81)107-65-79(77)44-53-115(107)122(117)88-28-6-2-7-29-88)48-57-119(111)124(120)90-32-20-25-86(61-90)101-72-104-98-40-17-14-36-94(98)93-35-13-16-39-97(93)103(104)71-100(101)85-24-19-23-75(60-85)73-21-18-22-74(59-73)76-41-50-99-95-37-11-10-33-91(95)92-34-12-15-38-96(92)102(99)62-76/h1-72H. The van der Waals surface area contributed by atoms with E-state index in [1.807, 2.05) is 0 Å². The highest BCUT2D eigenvalue weighted by Gasteiger charge is 2.24. The normalized spacial score (nSPS) is 12.2. The van der Waals surface area contributed by atoms with Gasteiger partial charge in [0.1, 0.15) is 0 Å². The van der Waals surface area contributed by atoms with Crippen molar-refractivity contribution >= 4 is 195 Å². The number of hydrogen-bond acceptors (Lipinski definition) is 0. The van der Waals surface area contributed by atoms with Crippen LogP contribution in [-0.4, -0.2) is 18.3 Å². The molecule has 572 valence electrons. The second-order valence-electron chi connectivity index (χ2n) is 33.8. The van der Waals surface area contributed by atoms with Crippen molar-refractivity contribution in [3.8, 4) is 67.3 Å². The van der Waals surface area contributed by atoms with Gasteiger partial charge in [0.05, 0.1) is 44.1 Å². The van der Waals surface area contributed by atoms with E-state index < -0.39 is 0 Å². The molecule has 4 heterocycles. The Morgan fingerprint density at radius 2 is 0.315 bits per heavy atom. The Labute approximate surface area is 712 Å². The van der Waals surface area contributed by atoms with E-state index in [0.717, 1.165) is 99.6 Å². The molecule has 4 heteroatoms. The lowest BCUT2D eigenvalue weighted by molar-refractivity contribution is 1.18. The van der Waals surface area contributed by atoms with Crippen LogP contribution in [0.3, 0.4) is 0 Å². The number of hydrogen-bond donors (Lipinski definition) is 0. The second-order valence-corrected chi connectivity index (χ2v) is 33.8. The average molecular weight is 1570 g/mol. The molecule has 0 atom stereocenters. The molecule has 0 fully saturated rings. The maximum Gasteiger partial charge on any atom is 0.0541 e. The third-order valence-electron chi connectivity index (χ3n) is 27.2. The Morgan fingerprint density at radius 1 is 0.105 bits per heavy atom. The number of benzene rings is 22. The molecule has 0 saturated carbocycles. The van der Waals surface area contributed by atoms with Crippen molar-refractivity contribution < 1.29 is 0 Å². The summed E-state index contributed by atoms with van der Waals surface area (Å²) in [5.41, 5.74) is 23.0. The summed E-state index contributed by atoms with van der Waals surface area (Å²) in [4.78, 5) is 0. The van der Waals surface area contributed by atoms with E-state index in [1.165, 1.54) is 163 Å². The van der Waals surface area contributed by atoms with Crippen LogP contribution in [0.25, 0.3) is 262 Å². The summed E-state index contributed by atoms with van der Waals surface area (Å²) in [7, 11) is 0. The molecule has 0 aliphatic heterocycles. The lowest BCUT2D eigenvalue weighted by Gasteiger charge is -2.18. The molecule has 0 N–H and O–H groups in total. The molecule has 27 rings (SSSR count). The molecule has 4 aromatic heterocycles. The smallest absolute Gasteiger partial charge is 0.0541 e. The Morgan fingerprint density at radius 3 is 0.613 bits per heavy atom. The molecule has 0 aliphatic rings. The van der Waals surface area contributed by atoms with Crippen molar-refractivity contribution in [3.63, 3.8) is 0 Å². The highest BCUT2D eigenvalue weighted by Crippen LogP contribution is 2.48. The van der Waals surface area contributed by atoms with Gasteiger partial charge in [-0.1, -0.05) is 261 Å². The third kappa shape index (κ3) is 10.3. The van der Waals surface area contributed by atoms with Gasteiger partial charge in [0.2, 0.25) is 0 Å². The highest BCUT2D eigenvalue weighted by atomic mass is 15.0. The summed E-state index contributed by atoms with van der Waals surface area (Å²) in [6.07, 6.45) is 0. The van der Waals surface area contributed by atoms with Gasteiger partial charge in [-0.25, -0.2) is 0 Å². The van der Waals surface area contributed by atoms with Crippen molar-refractivity contribution in [2.75, 3.05) is 0 Å². The monoisotopic (exact) mass is 1570 g/mol. The first kappa shape index (κ1) is 68.5.